The molecule has 4 N–H and O–H groups in total. The molecule has 4 nitrogen and oxygen atoms in total. The van der Waals surface area contributed by atoms with Crippen LogP contribution in [0.3, 0.4) is 0 Å². The number of fused-ring (bicyclic) bond motifs is 2. The molecule has 0 saturated carbocycles. The van der Waals surface area contributed by atoms with Gasteiger partial charge in [-0.15, -0.1) is 0 Å². The Kier molecular flexibility index (Phi) is 5.56. The summed E-state index contributed by atoms with van der Waals surface area (Å²) < 4.78 is 2.93. The molecule has 0 spiro atoms. The van der Waals surface area contributed by atoms with E-state index in [9.17, 15) is 0 Å². The average molecular weight is 525 g/mol. The predicted molar refractivity (Wildman–Crippen MR) is 115 cm³/mol. The number of benzene rings is 2. The summed E-state index contributed by atoms with van der Waals surface area (Å²) >= 11 is 10.3. The van der Waals surface area contributed by atoms with Gasteiger partial charge in [0.15, 0.2) is 0 Å². The van der Waals surface area contributed by atoms with Crippen LogP contribution in [0.15, 0.2) is 68.5 Å². The second-order valence-electron chi connectivity index (χ2n) is 5.23. The van der Waals surface area contributed by atoms with Crippen LogP contribution < -0.4 is 11.5 Å². The molecule has 0 amide bonds. The summed E-state index contributed by atoms with van der Waals surface area (Å²) in [6.07, 6.45) is 7.07. The van der Waals surface area contributed by atoms with Gasteiger partial charge in [-0.25, -0.2) is 0 Å². The molecule has 0 radical (unpaired) electrons. The first kappa shape index (κ1) is 18.1. The Labute approximate surface area is 170 Å². The Morgan fingerprint density at radius 3 is 1.88 bits per heavy atom. The van der Waals surface area contributed by atoms with Crippen molar-refractivity contribution in [1.29, 1.82) is 0 Å². The lowest BCUT2D eigenvalue weighted by Crippen LogP contribution is -1.89. The maximum absolute atomic E-state index is 5.89. The Hall–Kier alpha value is -1.70. The van der Waals surface area contributed by atoms with E-state index < -0.39 is 0 Å². The first-order valence-electron chi connectivity index (χ1n) is 7.24. The van der Waals surface area contributed by atoms with Crippen LogP contribution in [0.25, 0.3) is 21.5 Å². The number of nitrogens with two attached hydrogens (primary N) is 2. The molecule has 0 aliphatic heterocycles. The van der Waals surface area contributed by atoms with Crippen molar-refractivity contribution < 1.29 is 0 Å². The zero-order valence-corrected chi connectivity index (χ0v) is 17.6. The lowest BCUT2D eigenvalue weighted by molar-refractivity contribution is 1.36. The maximum Gasteiger partial charge on any atom is 0.0540 e. The molecular weight excluding hydrogens is 512 g/mol. The largest absolute Gasteiger partial charge is 0.398 e. The van der Waals surface area contributed by atoms with Crippen LogP contribution in [-0.4, -0.2) is 9.97 Å². The van der Waals surface area contributed by atoms with Gasteiger partial charge >= 0.3 is 0 Å². The number of hydrogen-bond donors (Lipinski definition) is 2. The summed E-state index contributed by atoms with van der Waals surface area (Å²) in [7, 11) is 0. The average Bonchev–Trinajstić information content (AvgIpc) is 2.64. The fourth-order valence-electron chi connectivity index (χ4n) is 2.39. The van der Waals surface area contributed by atoms with E-state index in [0.29, 0.717) is 0 Å². The van der Waals surface area contributed by atoms with E-state index in [1.165, 1.54) is 0 Å². The van der Waals surface area contributed by atoms with Gasteiger partial charge in [-0.05, 0) is 46.3 Å². The second-order valence-corrected chi connectivity index (χ2v) is 7.80. The van der Waals surface area contributed by atoms with Crippen molar-refractivity contribution in [3.05, 3.63) is 68.5 Å². The third-order valence-corrected chi connectivity index (χ3v) is 5.68. The number of nitrogen functional groups attached to an aromatic ring is 2. The van der Waals surface area contributed by atoms with Gasteiger partial charge in [0.25, 0.3) is 0 Å². The van der Waals surface area contributed by atoms with E-state index in [4.69, 9.17) is 11.5 Å². The van der Waals surface area contributed by atoms with Crippen LogP contribution in [0.1, 0.15) is 0 Å². The standard InChI is InChI=1S/C9H6Br2N2.C9H7BrN2/c10-7-3-8(11)9(12)5-1-2-13-4-6(5)7;10-8-1-2-9(11)6-3-4-12-5-7(6)8/h1-4H,12H2;1-5H,11H2. The van der Waals surface area contributed by atoms with E-state index in [-0.39, 0.29) is 0 Å². The van der Waals surface area contributed by atoms with Crippen molar-refractivity contribution in [3.8, 4) is 0 Å². The minimum Gasteiger partial charge on any atom is -0.398 e. The summed E-state index contributed by atoms with van der Waals surface area (Å²) in [6.45, 7) is 0. The molecule has 126 valence electrons. The van der Waals surface area contributed by atoms with Crippen LogP contribution in [0.4, 0.5) is 11.4 Å². The zero-order chi connectivity index (χ0) is 18.0. The van der Waals surface area contributed by atoms with Crippen molar-refractivity contribution in [2.45, 2.75) is 0 Å². The summed E-state index contributed by atoms with van der Waals surface area (Å²) in [6, 6.07) is 9.56. The highest BCUT2D eigenvalue weighted by Gasteiger charge is 2.05. The molecule has 0 unspecified atom stereocenters. The van der Waals surface area contributed by atoms with Gasteiger partial charge in [0.2, 0.25) is 0 Å². The van der Waals surface area contributed by atoms with Gasteiger partial charge in [0.1, 0.15) is 0 Å². The lowest BCUT2D eigenvalue weighted by Gasteiger charge is -2.05. The summed E-state index contributed by atoms with van der Waals surface area (Å²) in [5.74, 6) is 0. The Balaban J connectivity index is 0.000000146. The van der Waals surface area contributed by atoms with Gasteiger partial charge in [-0.1, -0.05) is 31.9 Å². The second kappa shape index (κ2) is 7.68. The number of aromatic nitrogens is 2. The van der Waals surface area contributed by atoms with Crippen molar-refractivity contribution in [3.63, 3.8) is 0 Å². The molecule has 25 heavy (non-hydrogen) atoms. The van der Waals surface area contributed by atoms with Gasteiger partial charge in [-0.2, -0.15) is 0 Å². The van der Waals surface area contributed by atoms with E-state index >= 15 is 0 Å². The molecule has 4 rings (SSSR count). The molecule has 0 aliphatic carbocycles. The van der Waals surface area contributed by atoms with Crippen LogP contribution in [0.5, 0.6) is 0 Å². The Morgan fingerprint density at radius 2 is 1.24 bits per heavy atom. The molecule has 2 aromatic carbocycles. The van der Waals surface area contributed by atoms with Crippen LogP contribution in [-0.2, 0) is 0 Å². The first-order chi connectivity index (χ1) is 12.0. The molecule has 7 heteroatoms. The normalized spacial score (nSPS) is 10.5. The van der Waals surface area contributed by atoms with Gasteiger partial charge in [0, 0.05) is 65.4 Å². The quantitative estimate of drug-likeness (QED) is 0.280. The molecule has 0 aliphatic rings. The SMILES string of the molecule is Nc1c(Br)cc(Br)c2cnccc12.Nc1ccc(Br)c2cnccc12. The summed E-state index contributed by atoms with van der Waals surface area (Å²) in [5, 5.41) is 4.14. The third kappa shape index (κ3) is 3.78. The summed E-state index contributed by atoms with van der Waals surface area (Å²) in [4.78, 5) is 8.07. The molecular formula is C18H13Br3N4. The van der Waals surface area contributed by atoms with Gasteiger partial charge in [-0.3, -0.25) is 9.97 Å². The van der Waals surface area contributed by atoms with E-state index in [2.05, 4.69) is 57.8 Å². The van der Waals surface area contributed by atoms with E-state index in [1.807, 2.05) is 30.3 Å². The fraction of sp³-hybridized carbons (Fsp3) is 0. The maximum atomic E-state index is 5.89. The Bertz CT molecular complexity index is 1030. The lowest BCUT2D eigenvalue weighted by atomic mass is 10.1. The van der Waals surface area contributed by atoms with Gasteiger partial charge in [0.05, 0.1) is 5.69 Å². The van der Waals surface area contributed by atoms with Crippen molar-refractivity contribution >= 4 is 80.7 Å². The predicted octanol–water partition coefficient (Wildman–Crippen LogP) is 5.92. The third-order valence-electron chi connectivity index (χ3n) is 3.68. The van der Waals surface area contributed by atoms with E-state index in [0.717, 1.165) is 46.3 Å². The molecule has 0 saturated heterocycles. The zero-order valence-electron chi connectivity index (χ0n) is 12.9. The van der Waals surface area contributed by atoms with Crippen LogP contribution in [0.2, 0.25) is 0 Å². The number of rotatable bonds is 0. The fourth-order valence-corrected chi connectivity index (χ4v) is 4.14. The monoisotopic (exact) mass is 522 g/mol. The van der Waals surface area contributed by atoms with Crippen LogP contribution in [0, 0.1) is 0 Å². The highest BCUT2D eigenvalue weighted by molar-refractivity contribution is 9.11. The molecule has 4 aromatic rings. The topological polar surface area (TPSA) is 77.8 Å². The van der Waals surface area contributed by atoms with Gasteiger partial charge < -0.3 is 11.5 Å². The smallest absolute Gasteiger partial charge is 0.0540 e. The minimum absolute atomic E-state index is 0.751. The highest BCUT2D eigenvalue weighted by Crippen LogP contribution is 2.34. The van der Waals surface area contributed by atoms with E-state index in [1.54, 1.807) is 24.8 Å². The number of nitrogens with zero attached hydrogens (tertiary/aromatic N) is 2. The number of pyridine rings is 2. The first-order valence-corrected chi connectivity index (χ1v) is 9.62. The van der Waals surface area contributed by atoms with Crippen LogP contribution >= 0.6 is 47.8 Å². The summed E-state index contributed by atoms with van der Waals surface area (Å²) in [5.41, 5.74) is 13.2. The molecule has 0 bridgehead atoms. The molecule has 0 atom stereocenters. The minimum atomic E-state index is 0.751. The van der Waals surface area contributed by atoms with Crippen molar-refractivity contribution in [2.24, 2.45) is 0 Å². The molecule has 0 fully saturated rings. The molecule has 2 aromatic heterocycles. The number of halogens is 3. The Morgan fingerprint density at radius 1 is 0.640 bits per heavy atom. The number of anilines is 2. The molecule has 2 heterocycles. The van der Waals surface area contributed by atoms with Crippen molar-refractivity contribution in [1.82, 2.24) is 9.97 Å². The van der Waals surface area contributed by atoms with Crippen molar-refractivity contribution in [2.75, 3.05) is 11.5 Å². The highest BCUT2D eigenvalue weighted by atomic mass is 79.9. The number of hydrogen-bond acceptors (Lipinski definition) is 4.